The first-order chi connectivity index (χ1) is 28.0. The van der Waals surface area contributed by atoms with Crippen molar-refractivity contribution in [1.29, 1.82) is 0 Å². The van der Waals surface area contributed by atoms with Gasteiger partial charge in [0, 0.05) is 35.3 Å². The molecule has 0 amide bonds. The van der Waals surface area contributed by atoms with E-state index in [0.29, 0.717) is 61.4 Å². The summed E-state index contributed by atoms with van der Waals surface area (Å²) < 4.78 is 0. The van der Waals surface area contributed by atoms with Gasteiger partial charge in [0.1, 0.15) is 22.7 Å². The van der Waals surface area contributed by atoms with Crippen LogP contribution in [0.4, 0.5) is 23.0 Å². The van der Waals surface area contributed by atoms with E-state index in [-0.39, 0.29) is 6.04 Å². The largest absolute Gasteiger partial charge is 0.384 e. The predicted molar refractivity (Wildman–Crippen MR) is 245 cm³/mol. The molecule has 0 saturated heterocycles. The van der Waals surface area contributed by atoms with E-state index in [4.69, 9.17) is 39.7 Å². The fraction of sp³-hybridized carbons (Fsp3) is 0.409. The van der Waals surface area contributed by atoms with Crippen molar-refractivity contribution in [2.45, 2.75) is 79.3 Å². The van der Waals surface area contributed by atoms with E-state index in [2.05, 4.69) is 86.9 Å². The molecular weight excluding hydrogens is 767 g/mol. The number of anilines is 4. The van der Waals surface area contributed by atoms with Crippen LogP contribution in [0.15, 0.2) is 73.1 Å². The van der Waals surface area contributed by atoms with Gasteiger partial charge in [-0.05, 0) is 90.9 Å². The van der Waals surface area contributed by atoms with Crippen molar-refractivity contribution in [2.75, 3.05) is 61.4 Å². The van der Waals surface area contributed by atoms with Gasteiger partial charge < -0.3 is 31.9 Å². The number of nitrogens with zero attached hydrogens (tertiary/aromatic N) is 8. The summed E-state index contributed by atoms with van der Waals surface area (Å²) in [5.41, 5.74) is 19.3. The molecule has 6 aromatic rings. The lowest BCUT2D eigenvalue weighted by Gasteiger charge is -2.20. The van der Waals surface area contributed by atoms with Crippen molar-refractivity contribution in [3.8, 4) is 22.5 Å². The van der Waals surface area contributed by atoms with E-state index in [1.807, 2.05) is 60.7 Å². The molecule has 14 heteroatoms. The normalized spacial score (nSPS) is 12.4. The number of fused-ring (bicyclic) bond motifs is 2. The lowest BCUT2D eigenvalue weighted by Crippen LogP contribution is -2.25. The Morgan fingerprint density at radius 3 is 1.53 bits per heavy atom. The van der Waals surface area contributed by atoms with Crippen molar-refractivity contribution < 1.29 is 0 Å². The third-order valence-electron chi connectivity index (χ3n) is 10.2. The van der Waals surface area contributed by atoms with E-state index in [0.717, 1.165) is 87.5 Å². The van der Waals surface area contributed by atoms with Crippen molar-refractivity contribution >= 4 is 68.5 Å². The van der Waals surface area contributed by atoms with E-state index in [9.17, 15) is 0 Å². The van der Waals surface area contributed by atoms with E-state index in [1.54, 1.807) is 12.4 Å². The molecule has 308 valence electrons. The maximum absolute atomic E-state index is 6.34. The Labute approximate surface area is 353 Å². The minimum atomic E-state index is 0.279. The quantitative estimate of drug-likeness (QED) is 0.0651. The third kappa shape index (κ3) is 12.1. The van der Waals surface area contributed by atoms with E-state index in [1.165, 1.54) is 0 Å². The number of hydrogen-bond acceptors (Lipinski definition) is 12. The number of rotatable bonds is 18. The van der Waals surface area contributed by atoms with Crippen molar-refractivity contribution in [3.05, 3.63) is 83.1 Å². The average molecular weight is 826 g/mol. The Balaban J connectivity index is 0.000000221. The lowest BCUT2D eigenvalue weighted by molar-refractivity contribution is 0.295. The van der Waals surface area contributed by atoms with Crippen LogP contribution in [0.3, 0.4) is 0 Å². The zero-order valence-electron chi connectivity index (χ0n) is 34.6. The van der Waals surface area contributed by atoms with Gasteiger partial charge in [-0.15, -0.1) is 0 Å². The molecule has 2 aromatic carbocycles. The van der Waals surface area contributed by atoms with Gasteiger partial charge in [0.15, 0.2) is 11.3 Å². The first kappa shape index (κ1) is 44.2. The fourth-order valence-electron chi connectivity index (χ4n) is 6.85. The molecule has 2 atom stereocenters. The Morgan fingerprint density at radius 2 is 1.03 bits per heavy atom. The standard InChI is InChI=1S/2C22H29ClN6/c1-4-29(5-2)12-8-9-15(3)26-18-13-20(24)28-22-21(18)27-19(14-25-22)16-10-6-7-11-17(16)23;1-4-29(5-2)12-8-9-15(3)26-18-13-20(24)28-22-21(18)25-14-19(27-22)16-10-6-7-11-17(16)23/h6-7,10-11,13-15H,4-5,8-9,12H2,1-3H3,(H3,24,25,26,28);6-7,10-11,13-15H,4-5,8-9,12H2,1-3H3,(H3,24,26,27,28). The first-order valence-electron chi connectivity index (χ1n) is 20.4. The summed E-state index contributed by atoms with van der Waals surface area (Å²) in [7, 11) is 0. The summed E-state index contributed by atoms with van der Waals surface area (Å²) in [6.45, 7) is 19.7. The summed E-state index contributed by atoms with van der Waals surface area (Å²) >= 11 is 12.6. The molecule has 6 rings (SSSR count). The molecule has 2 unspecified atom stereocenters. The van der Waals surface area contributed by atoms with E-state index >= 15 is 0 Å². The highest BCUT2D eigenvalue weighted by molar-refractivity contribution is 6.33. The second-order valence-electron chi connectivity index (χ2n) is 14.4. The predicted octanol–water partition coefficient (Wildman–Crippen LogP) is 9.70. The summed E-state index contributed by atoms with van der Waals surface area (Å²) in [5, 5.41) is 8.37. The molecule has 4 heterocycles. The molecule has 0 aliphatic heterocycles. The second-order valence-corrected chi connectivity index (χ2v) is 15.2. The maximum atomic E-state index is 6.34. The first-order valence-corrected chi connectivity index (χ1v) is 21.1. The summed E-state index contributed by atoms with van der Waals surface area (Å²) in [6, 6.07) is 19.4. The topological polar surface area (TPSA) is 160 Å². The van der Waals surface area contributed by atoms with Crippen molar-refractivity contribution in [3.63, 3.8) is 0 Å². The maximum Gasteiger partial charge on any atom is 0.182 e. The molecule has 0 aliphatic rings. The van der Waals surface area contributed by atoms with Gasteiger partial charge in [-0.3, -0.25) is 0 Å². The highest BCUT2D eigenvalue weighted by Gasteiger charge is 2.15. The van der Waals surface area contributed by atoms with Crippen LogP contribution < -0.4 is 22.1 Å². The number of nitrogens with two attached hydrogens (primary N) is 2. The van der Waals surface area contributed by atoms with Gasteiger partial charge >= 0.3 is 0 Å². The van der Waals surface area contributed by atoms with Crippen LogP contribution >= 0.6 is 23.2 Å². The van der Waals surface area contributed by atoms with Crippen molar-refractivity contribution in [2.24, 2.45) is 0 Å². The molecule has 58 heavy (non-hydrogen) atoms. The van der Waals surface area contributed by atoms with Gasteiger partial charge in [-0.1, -0.05) is 87.3 Å². The molecule has 0 fully saturated rings. The Bertz CT molecular complexity index is 2230. The molecule has 6 N–H and O–H groups in total. The van der Waals surface area contributed by atoms with Crippen LogP contribution in [0.5, 0.6) is 0 Å². The summed E-state index contributed by atoms with van der Waals surface area (Å²) in [4.78, 5) is 32.1. The number of nitrogens with one attached hydrogen (secondary N) is 2. The van der Waals surface area contributed by atoms with Crippen LogP contribution in [-0.2, 0) is 0 Å². The van der Waals surface area contributed by atoms with E-state index < -0.39 is 0 Å². The van der Waals surface area contributed by atoms with Gasteiger partial charge in [-0.25, -0.2) is 29.9 Å². The second kappa shape index (κ2) is 21.8. The number of hydrogen-bond donors (Lipinski definition) is 4. The SMILES string of the molecule is CCN(CC)CCCC(C)Nc1cc(N)nc2nc(-c3ccccc3Cl)cnc12.CCN(CC)CCCC(C)Nc1cc(N)nc2ncc(-c3ccccc3Cl)nc12. The number of nitrogen functional groups attached to an aromatic ring is 2. The molecule has 0 spiro atoms. The monoisotopic (exact) mass is 824 g/mol. The zero-order valence-corrected chi connectivity index (χ0v) is 36.2. The van der Waals surface area contributed by atoms with Gasteiger partial charge in [-0.2, -0.15) is 0 Å². The summed E-state index contributed by atoms with van der Waals surface area (Å²) in [5.74, 6) is 0.844. The van der Waals surface area contributed by atoms with Gasteiger partial charge in [0.25, 0.3) is 0 Å². The highest BCUT2D eigenvalue weighted by Crippen LogP contribution is 2.31. The molecule has 0 saturated carbocycles. The van der Waals surface area contributed by atoms with Gasteiger partial charge in [0.2, 0.25) is 0 Å². The highest BCUT2D eigenvalue weighted by atomic mass is 35.5. The molecule has 0 bridgehead atoms. The molecule has 12 nitrogen and oxygen atoms in total. The average Bonchev–Trinajstić information content (AvgIpc) is 3.21. The third-order valence-corrected chi connectivity index (χ3v) is 10.8. The van der Waals surface area contributed by atoms with Crippen LogP contribution in [0, 0.1) is 0 Å². The Morgan fingerprint density at radius 1 is 0.586 bits per heavy atom. The lowest BCUT2D eigenvalue weighted by atomic mass is 10.1. The van der Waals surface area contributed by atoms with Crippen LogP contribution in [-0.4, -0.2) is 91.1 Å². The zero-order chi connectivity index (χ0) is 41.6. The molecule has 0 aliphatic carbocycles. The van der Waals surface area contributed by atoms with Gasteiger partial charge in [0.05, 0.1) is 45.2 Å². The molecular formula is C44H58Cl2N12. The Hall–Kier alpha value is -4.88. The number of halogens is 2. The number of benzene rings is 2. The smallest absolute Gasteiger partial charge is 0.182 e. The fourth-order valence-corrected chi connectivity index (χ4v) is 7.31. The summed E-state index contributed by atoms with van der Waals surface area (Å²) in [6.07, 6.45) is 7.80. The molecule has 4 aromatic heterocycles. The van der Waals surface area contributed by atoms with Crippen LogP contribution in [0.25, 0.3) is 44.8 Å². The number of aromatic nitrogens is 6. The minimum Gasteiger partial charge on any atom is -0.384 e. The minimum absolute atomic E-state index is 0.279. The van der Waals surface area contributed by atoms with Crippen LogP contribution in [0.1, 0.15) is 67.2 Å². The van der Waals surface area contributed by atoms with Crippen LogP contribution in [0.2, 0.25) is 10.0 Å². The van der Waals surface area contributed by atoms with Crippen molar-refractivity contribution in [1.82, 2.24) is 39.7 Å². The Kier molecular flexibility index (Phi) is 16.6. The molecule has 0 radical (unpaired) electrons. The number of pyridine rings is 2.